The van der Waals surface area contributed by atoms with Gasteiger partial charge in [0.05, 0.1) is 7.11 Å². The summed E-state index contributed by atoms with van der Waals surface area (Å²) in [6.45, 7) is 4.33. The minimum atomic E-state index is -0.197. The number of nitrogens with two attached hydrogens (primary N) is 1. The standard InChI is InChI=1S/C14H20ClNO/c1-9(2)13-11(14(16)5-4-6-14)7-10(15)8-12(13)17-3/h7-9H,4-6,16H2,1-3H3. The Balaban J connectivity index is 2.59. The van der Waals surface area contributed by atoms with Gasteiger partial charge in [0.2, 0.25) is 0 Å². The van der Waals surface area contributed by atoms with Crippen molar-refractivity contribution < 1.29 is 4.74 Å². The molecule has 17 heavy (non-hydrogen) atoms. The topological polar surface area (TPSA) is 35.2 Å². The fourth-order valence-electron chi connectivity index (χ4n) is 2.60. The molecule has 2 nitrogen and oxygen atoms in total. The Bertz CT molecular complexity index is 424. The molecule has 2 rings (SSSR count). The van der Waals surface area contributed by atoms with Crippen LogP contribution in [0.5, 0.6) is 5.75 Å². The van der Waals surface area contributed by atoms with Gasteiger partial charge in [-0.25, -0.2) is 0 Å². The molecule has 1 aromatic rings. The quantitative estimate of drug-likeness (QED) is 0.889. The summed E-state index contributed by atoms with van der Waals surface area (Å²) >= 11 is 6.16. The molecule has 1 aliphatic carbocycles. The minimum absolute atomic E-state index is 0.197. The minimum Gasteiger partial charge on any atom is -0.496 e. The summed E-state index contributed by atoms with van der Waals surface area (Å²) in [4.78, 5) is 0. The summed E-state index contributed by atoms with van der Waals surface area (Å²) in [5, 5.41) is 0.706. The second-order valence-electron chi connectivity index (χ2n) is 5.23. The summed E-state index contributed by atoms with van der Waals surface area (Å²) in [5.74, 6) is 1.25. The number of hydrogen-bond acceptors (Lipinski definition) is 2. The molecule has 0 saturated heterocycles. The highest BCUT2D eigenvalue weighted by molar-refractivity contribution is 6.30. The van der Waals surface area contributed by atoms with Crippen LogP contribution in [0.1, 0.15) is 50.2 Å². The molecule has 0 aliphatic heterocycles. The van der Waals surface area contributed by atoms with Crippen LogP contribution in [0.3, 0.4) is 0 Å². The van der Waals surface area contributed by atoms with Crippen molar-refractivity contribution in [1.82, 2.24) is 0 Å². The van der Waals surface area contributed by atoms with Gasteiger partial charge in [0.1, 0.15) is 5.75 Å². The largest absolute Gasteiger partial charge is 0.496 e. The summed E-state index contributed by atoms with van der Waals surface area (Å²) in [6, 6.07) is 3.89. The van der Waals surface area contributed by atoms with Crippen LogP contribution in [-0.4, -0.2) is 7.11 Å². The second kappa shape index (κ2) is 4.51. The molecular formula is C14H20ClNO. The third-order valence-electron chi connectivity index (χ3n) is 3.69. The van der Waals surface area contributed by atoms with Crippen LogP contribution in [0, 0.1) is 0 Å². The number of rotatable bonds is 3. The van der Waals surface area contributed by atoms with Crippen molar-refractivity contribution in [2.24, 2.45) is 5.73 Å². The number of ether oxygens (including phenoxy) is 1. The van der Waals surface area contributed by atoms with E-state index in [1.54, 1.807) is 7.11 Å². The van der Waals surface area contributed by atoms with Crippen molar-refractivity contribution in [2.45, 2.75) is 44.6 Å². The van der Waals surface area contributed by atoms with E-state index < -0.39 is 0 Å². The normalized spacial score (nSPS) is 18.0. The zero-order chi connectivity index (χ0) is 12.6. The predicted octanol–water partition coefficient (Wildman–Crippen LogP) is 3.81. The van der Waals surface area contributed by atoms with Gasteiger partial charge in [-0.05, 0) is 42.9 Å². The van der Waals surface area contributed by atoms with Gasteiger partial charge in [0.25, 0.3) is 0 Å². The third kappa shape index (κ3) is 2.16. The third-order valence-corrected chi connectivity index (χ3v) is 3.90. The van der Waals surface area contributed by atoms with E-state index in [9.17, 15) is 0 Å². The van der Waals surface area contributed by atoms with E-state index in [4.69, 9.17) is 22.1 Å². The molecule has 0 unspecified atom stereocenters. The van der Waals surface area contributed by atoms with Crippen molar-refractivity contribution >= 4 is 11.6 Å². The zero-order valence-electron chi connectivity index (χ0n) is 10.7. The van der Waals surface area contributed by atoms with Crippen molar-refractivity contribution in [3.63, 3.8) is 0 Å². The Hall–Kier alpha value is -0.730. The first-order valence-corrected chi connectivity index (χ1v) is 6.52. The molecule has 1 fully saturated rings. The first kappa shape index (κ1) is 12.7. The van der Waals surface area contributed by atoms with Gasteiger partial charge in [0.15, 0.2) is 0 Å². The molecule has 2 N–H and O–H groups in total. The van der Waals surface area contributed by atoms with Crippen LogP contribution in [-0.2, 0) is 5.54 Å². The Morgan fingerprint density at radius 1 is 1.35 bits per heavy atom. The van der Waals surface area contributed by atoms with Gasteiger partial charge in [-0.1, -0.05) is 25.4 Å². The molecule has 94 valence electrons. The number of methoxy groups -OCH3 is 1. The molecule has 0 aromatic heterocycles. The number of halogens is 1. The van der Waals surface area contributed by atoms with E-state index in [0.29, 0.717) is 10.9 Å². The van der Waals surface area contributed by atoms with Gasteiger partial charge in [-0.3, -0.25) is 0 Å². The summed E-state index contributed by atoms with van der Waals surface area (Å²) in [6.07, 6.45) is 3.27. The van der Waals surface area contributed by atoms with Crippen LogP contribution in [0.25, 0.3) is 0 Å². The van der Waals surface area contributed by atoms with E-state index in [2.05, 4.69) is 13.8 Å². The first-order valence-electron chi connectivity index (χ1n) is 6.15. The smallest absolute Gasteiger partial charge is 0.124 e. The number of benzene rings is 1. The van der Waals surface area contributed by atoms with Crippen molar-refractivity contribution in [1.29, 1.82) is 0 Å². The highest BCUT2D eigenvalue weighted by Gasteiger charge is 2.37. The lowest BCUT2D eigenvalue weighted by Gasteiger charge is -2.41. The van der Waals surface area contributed by atoms with E-state index >= 15 is 0 Å². The van der Waals surface area contributed by atoms with Crippen LogP contribution in [0.15, 0.2) is 12.1 Å². The van der Waals surface area contributed by atoms with Gasteiger partial charge in [0, 0.05) is 16.1 Å². The van der Waals surface area contributed by atoms with E-state index in [-0.39, 0.29) is 5.54 Å². The fraction of sp³-hybridized carbons (Fsp3) is 0.571. The maximum atomic E-state index is 6.44. The Morgan fingerprint density at radius 3 is 2.41 bits per heavy atom. The van der Waals surface area contributed by atoms with E-state index in [1.807, 2.05) is 12.1 Å². The Kier molecular flexibility index (Phi) is 3.37. The van der Waals surface area contributed by atoms with Crippen molar-refractivity contribution in [3.8, 4) is 5.75 Å². The average molecular weight is 254 g/mol. The maximum absolute atomic E-state index is 6.44. The zero-order valence-corrected chi connectivity index (χ0v) is 11.5. The Labute approximate surface area is 108 Å². The summed E-state index contributed by atoms with van der Waals surface area (Å²) in [5.41, 5.74) is 8.62. The molecule has 3 heteroatoms. The van der Waals surface area contributed by atoms with Crippen LogP contribution >= 0.6 is 11.6 Å². The van der Waals surface area contributed by atoms with Gasteiger partial charge < -0.3 is 10.5 Å². The van der Waals surface area contributed by atoms with E-state index in [0.717, 1.165) is 18.6 Å². The average Bonchev–Trinajstić information content (AvgIpc) is 2.24. The van der Waals surface area contributed by atoms with Crippen molar-refractivity contribution in [2.75, 3.05) is 7.11 Å². The molecule has 0 atom stereocenters. The van der Waals surface area contributed by atoms with Crippen LogP contribution < -0.4 is 10.5 Å². The molecule has 0 amide bonds. The molecule has 1 saturated carbocycles. The maximum Gasteiger partial charge on any atom is 0.124 e. The van der Waals surface area contributed by atoms with Crippen LogP contribution in [0.2, 0.25) is 5.02 Å². The lowest BCUT2D eigenvalue weighted by molar-refractivity contribution is 0.249. The van der Waals surface area contributed by atoms with E-state index in [1.165, 1.54) is 17.5 Å². The van der Waals surface area contributed by atoms with Gasteiger partial charge in [-0.15, -0.1) is 0 Å². The SMILES string of the molecule is COc1cc(Cl)cc(C2(N)CCC2)c1C(C)C. The predicted molar refractivity (Wildman–Crippen MR) is 71.8 cm³/mol. The number of hydrogen-bond donors (Lipinski definition) is 1. The van der Waals surface area contributed by atoms with Gasteiger partial charge in [-0.2, -0.15) is 0 Å². The molecular weight excluding hydrogens is 234 g/mol. The van der Waals surface area contributed by atoms with Gasteiger partial charge >= 0.3 is 0 Å². The molecule has 0 spiro atoms. The fourth-order valence-corrected chi connectivity index (χ4v) is 2.80. The molecule has 0 heterocycles. The Morgan fingerprint density at radius 2 is 2.00 bits per heavy atom. The molecule has 1 aliphatic rings. The highest BCUT2D eigenvalue weighted by atomic mass is 35.5. The highest BCUT2D eigenvalue weighted by Crippen LogP contribution is 2.45. The molecule has 1 aromatic carbocycles. The molecule has 0 bridgehead atoms. The molecule has 0 radical (unpaired) electrons. The summed E-state index contributed by atoms with van der Waals surface area (Å²) < 4.78 is 5.45. The second-order valence-corrected chi connectivity index (χ2v) is 5.67. The lowest BCUT2D eigenvalue weighted by atomic mass is 9.70. The van der Waals surface area contributed by atoms with Crippen LogP contribution in [0.4, 0.5) is 0 Å². The first-order chi connectivity index (χ1) is 7.98. The lowest BCUT2D eigenvalue weighted by Crippen LogP contribution is -2.44. The monoisotopic (exact) mass is 253 g/mol. The van der Waals surface area contributed by atoms with Crippen molar-refractivity contribution in [3.05, 3.63) is 28.3 Å². The summed E-state index contributed by atoms with van der Waals surface area (Å²) in [7, 11) is 1.69.